The van der Waals surface area contributed by atoms with Crippen LogP contribution < -0.4 is 10.5 Å². The first-order chi connectivity index (χ1) is 13.7. The van der Waals surface area contributed by atoms with Crippen molar-refractivity contribution in [2.24, 2.45) is 12.8 Å². The fraction of sp³-hybridized carbons (Fsp3) is 0.238. The van der Waals surface area contributed by atoms with Gasteiger partial charge in [-0.05, 0) is 37.2 Å². The van der Waals surface area contributed by atoms with Crippen LogP contribution in [-0.2, 0) is 13.5 Å². The summed E-state index contributed by atoms with van der Waals surface area (Å²) in [7, 11) is 3.74. The number of nitrogens with zero attached hydrogens (tertiary/aromatic N) is 4. The molecule has 0 aliphatic rings. The second-order valence-electron chi connectivity index (χ2n) is 7.04. The van der Waals surface area contributed by atoms with Crippen molar-refractivity contribution >= 4 is 27.6 Å². The number of nitrogens with one attached hydrogen (secondary N) is 1. The lowest BCUT2D eigenvalue weighted by molar-refractivity contribution is 0.415. The van der Waals surface area contributed by atoms with Gasteiger partial charge in [-0.15, -0.1) is 0 Å². The van der Waals surface area contributed by atoms with Crippen LogP contribution in [0.15, 0.2) is 42.9 Å². The molecule has 0 spiro atoms. The Morgan fingerprint density at radius 2 is 2.00 bits per heavy atom. The largest absolute Gasteiger partial charge is 0.497 e. The summed E-state index contributed by atoms with van der Waals surface area (Å²) < 4.78 is 9.73. The first-order valence-electron chi connectivity index (χ1n) is 9.37. The van der Waals surface area contributed by atoms with Crippen molar-refractivity contribution in [1.82, 2.24) is 23.9 Å². The smallest absolute Gasteiger partial charge is 0.154 e. The summed E-state index contributed by atoms with van der Waals surface area (Å²) in [5, 5.41) is 1.14. The number of hydrogen-bond donors (Lipinski definition) is 2. The highest BCUT2D eigenvalue weighted by atomic mass is 16.5. The minimum absolute atomic E-state index is 0.652. The zero-order valence-corrected chi connectivity index (χ0v) is 15.9. The number of aromatic nitrogens is 5. The van der Waals surface area contributed by atoms with Gasteiger partial charge in [0.25, 0.3) is 0 Å². The van der Waals surface area contributed by atoms with Gasteiger partial charge in [-0.3, -0.25) is 4.40 Å². The van der Waals surface area contributed by atoms with Crippen LogP contribution in [0, 0.1) is 0 Å². The second kappa shape index (κ2) is 6.38. The third-order valence-corrected chi connectivity index (χ3v) is 5.30. The summed E-state index contributed by atoms with van der Waals surface area (Å²) in [6.07, 6.45) is 7.61. The van der Waals surface area contributed by atoms with Gasteiger partial charge in [0.1, 0.15) is 11.6 Å². The summed E-state index contributed by atoms with van der Waals surface area (Å²) in [6, 6.07) is 8.29. The number of methoxy groups -OCH3 is 1. The van der Waals surface area contributed by atoms with Crippen molar-refractivity contribution in [3.8, 4) is 17.0 Å². The van der Waals surface area contributed by atoms with Crippen molar-refractivity contribution in [2.75, 3.05) is 13.7 Å². The fourth-order valence-corrected chi connectivity index (χ4v) is 3.90. The van der Waals surface area contributed by atoms with Gasteiger partial charge in [0.05, 0.1) is 36.2 Å². The Morgan fingerprint density at radius 3 is 2.82 bits per heavy atom. The highest BCUT2D eigenvalue weighted by Crippen LogP contribution is 2.34. The minimum Gasteiger partial charge on any atom is -0.497 e. The van der Waals surface area contributed by atoms with Crippen LogP contribution in [0.3, 0.4) is 0 Å². The van der Waals surface area contributed by atoms with E-state index in [0.717, 1.165) is 63.3 Å². The lowest BCUT2D eigenvalue weighted by atomic mass is 10.1. The molecular weight excluding hydrogens is 352 g/mol. The van der Waals surface area contributed by atoms with Crippen molar-refractivity contribution in [1.29, 1.82) is 0 Å². The predicted octanol–water partition coefficient (Wildman–Crippen LogP) is 3.27. The van der Waals surface area contributed by atoms with E-state index in [2.05, 4.69) is 55.4 Å². The number of imidazole rings is 1. The summed E-state index contributed by atoms with van der Waals surface area (Å²) in [4.78, 5) is 12.7. The van der Waals surface area contributed by atoms with E-state index in [4.69, 9.17) is 10.5 Å². The van der Waals surface area contributed by atoms with E-state index >= 15 is 0 Å². The Morgan fingerprint density at radius 1 is 1.14 bits per heavy atom. The summed E-state index contributed by atoms with van der Waals surface area (Å²) in [6.45, 7) is 0.652. The Hall–Kier alpha value is -3.32. The fourth-order valence-electron chi connectivity index (χ4n) is 3.90. The van der Waals surface area contributed by atoms with Gasteiger partial charge in [-0.25, -0.2) is 9.97 Å². The van der Waals surface area contributed by atoms with Gasteiger partial charge in [-0.1, -0.05) is 0 Å². The van der Waals surface area contributed by atoms with Gasteiger partial charge in [-0.2, -0.15) is 0 Å². The first-order valence-corrected chi connectivity index (χ1v) is 9.37. The van der Waals surface area contributed by atoms with Gasteiger partial charge < -0.3 is 20.0 Å². The molecule has 0 amide bonds. The number of aromatic amines is 1. The minimum atomic E-state index is 0.652. The average molecular weight is 374 g/mol. The molecule has 0 saturated heterocycles. The Labute approximate surface area is 161 Å². The summed E-state index contributed by atoms with van der Waals surface area (Å²) >= 11 is 0. The number of benzene rings is 1. The second-order valence-corrected chi connectivity index (χ2v) is 7.04. The van der Waals surface area contributed by atoms with Crippen LogP contribution >= 0.6 is 0 Å². The molecule has 5 rings (SSSR count). The van der Waals surface area contributed by atoms with E-state index in [0.29, 0.717) is 6.54 Å². The molecule has 7 heteroatoms. The molecule has 142 valence electrons. The van der Waals surface area contributed by atoms with E-state index < -0.39 is 0 Å². The summed E-state index contributed by atoms with van der Waals surface area (Å²) in [5.41, 5.74) is 11.8. The SMILES string of the molecule is COc1ccc2c(c1)c(-c1cc3c(ncc4cnc(CCCN)n43)[nH]1)cn2C. The predicted molar refractivity (Wildman–Crippen MR) is 111 cm³/mol. The molecule has 3 N–H and O–H groups in total. The molecule has 4 aromatic heterocycles. The van der Waals surface area contributed by atoms with Gasteiger partial charge in [0, 0.05) is 36.1 Å². The van der Waals surface area contributed by atoms with E-state index in [1.807, 2.05) is 18.5 Å². The topological polar surface area (TPSA) is 86.2 Å². The van der Waals surface area contributed by atoms with Gasteiger partial charge >= 0.3 is 0 Å². The zero-order valence-electron chi connectivity index (χ0n) is 15.9. The van der Waals surface area contributed by atoms with E-state index in [1.54, 1.807) is 7.11 Å². The van der Waals surface area contributed by atoms with Gasteiger partial charge in [0.2, 0.25) is 0 Å². The zero-order chi connectivity index (χ0) is 19.3. The third kappa shape index (κ3) is 2.47. The van der Waals surface area contributed by atoms with Crippen LogP contribution in [0.25, 0.3) is 38.8 Å². The first kappa shape index (κ1) is 16.8. The number of fused-ring (bicyclic) bond motifs is 4. The maximum atomic E-state index is 5.69. The maximum Gasteiger partial charge on any atom is 0.154 e. The van der Waals surface area contributed by atoms with Crippen molar-refractivity contribution in [2.45, 2.75) is 12.8 Å². The Balaban J connectivity index is 1.73. The average Bonchev–Trinajstić information content (AvgIpc) is 3.40. The standard InChI is InChI=1S/C21H22N6O/c1-26-12-16(15-8-14(28-2)5-6-18(15)26)17-9-19-21(25-17)24-11-13-10-23-20(27(13)19)4-3-7-22/h5-6,8-12,25H,3-4,7,22H2,1-2H3. The molecule has 0 fully saturated rings. The molecule has 0 atom stereocenters. The molecule has 0 saturated carbocycles. The Bertz CT molecular complexity index is 1310. The number of hydrogen-bond acceptors (Lipinski definition) is 4. The maximum absolute atomic E-state index is 5.69. The van der Waals surface area contributed by atoms with E-state index in [9.17, 15) is 0 Å². The molecule has 0 aliphatic heterocycles. The van der Waals surface area contributed by atoms with Crippen molar-refractivity contribution in [3.05, 3.63) is 48.7 Å². The highest BCUT2D eigenvalue weighted by molar-refractivity contribution is 5.98. The number of aryl methyl sites for hydroxylation is 2. The monoisotopic (exact) mass is 374 g/mol. The molecule has 0 unspecified atom stereocenters. The van der Waals surface area contributed by atoms with Crippen LogP contribution in [-0.4, -0.2) is 37.6 Å². The molecule has 0 bridgehead atoms. The van der Waals surface area contributed by atoms with Crippen LogP contribution in [0.1, 0.15) is 12.2 Å². The van der Waals surface area contributed by atoms with Crippen molar-refractivity contribution < 1.29 is 4.74 Å². The lowest BCUT2D eigenvalue weighted by Gasteiger charge is -2.01. The molecule has 4 heterocycles. The Kier molecular flexibility index (Phi) is 3.84. The molecule has 0 radical (unpaired) electrons. The van der Waals surface area contributed by atoms with Crippen LogP contribution in [0.5, 0.6) is 5.75 Å². The third-order valence-electron chi connectivity index (χ3n) is 5.30. The molecule has 0 aliphatic carbocycles. The number of rotatable bonds is 5. The molecule has 28 heavy (non-hydrogen) atoms. The normalized spacial score (nSPS) is 11.8. The molecule has 1 aromatic carbocycles. The number of ether oxygens (including phenoxy) is 1. The van der Waals surface area contributed by atoms with E-state index in [1.165, 1.54) is 0 Å². The summed E-state index contributed by atoms with van der Waals surface area (Å²) in [5.74, 6) is 1.85. The van der Waals surface area contributed by atoms with Crippen LogP contribution in [0.2, 0.25) is 0 Å². The van der Waals surface area contributed by atoms with Crippen LogP contribution in [0.4, 0.5) is 0 Å². The molecule has 7 nitrogen and oxygen atoms in total. The van der Waals surface area contributed by atoms with Gasteiger partial charge in [0.15, 0.2) is 5.65 Å². The van der Waals surface area contributed by atoms with E-state index in [-0.39, 0.29) is 0 Å². The highest BCUT2D eigenvalue weighted by Gasteiger charge is 2.15. The number of H-pyrrole nitrogens is 1. The molecule has 5 aromatic rings. The van der Waals surface area contributed by atoms with Crippen molar-refractivity contribution in [3.63, 3.8) is 0 Å². The molecular formula is C21H22N6O. The number of nitrogens with two attached hydrogens (primary N) is 1. The quantitative estimate of drug-likeness (QED) is 0.494. The lowest BCUT2D eigenvalue weighted by Crippen LogP contribution is -2.03.